The summed E-state index contributed by atoms with van der Waals surface area (Å²) in [4.78, 5) is 0.153. The molecule has 0 aliphatic carbocycles. The van der Waals surface area contributed by atoms with E-state index < -0.39 is 11.3 Å². The molecule has 0 aromatic rings. The lowest BCUT2D eigenvalue weighted by Crippen LogP contribution is -2.60. The normalized spacial score (nSPS) is 38.4. The summed E-state index contributed by atoms with van der Waals surface area (Å²) < 4.78 is 0. The first kappa shape index (κ1) is 9.12. The molecular weight excluding hydrogens is 204 g/mol. The zero-order valence-electron chi connectivity index (χ0n) is 6.90. The summed E-state index contributed by atoms with van der Waals surface area (Å²) in [5.41, 5.74) is 8.96. The van der Waals surface area contributed by atoms with Crippen molar-refractivity contribution in [2.45, 2.75) is 11.3 Å². The molecule has 8 nitrogen and oxygen atoms in total. The Morgan fingerprint density at radius 3 is 1.71 bits per heavy atom. The molecule has 4 N–H and O–H groups in total. The zero-order chi connectivity index (χ0) is 10.2. The van der Waals surface area contributed by atoms with Gasteiger partial charge >= 0.3 is 0 Å². The molecule has 14 heavy (non-hydrogen) atoms. The second-order valence-electron chi connectivity index (χ2n) is 2.85. The van der Waals surface area contributed by atoms with Crippen molar-refractivity contribution >= 4 is 29.5 Å². The van der Waals surface area contributed by atoms with Gasteiger partial charge in [0.2, 0.25) is 11.3 Å². The van der Waals surface area contributed by atoms with Gasteiger partial charge in [0.05, 0.1) is 17.3 Å². The number of nitrogens with two attached hydrogens (primary N) is 2. The van der Waals surface area contributed by atoms with Gasteiger partial charge < -0.3 is 0 Å². The van der Waals surface area contributed by atoms with Gasteiger partial charge in [0.25, 0.3) is 0 Å². The molecule has 2 aliphatic heterocycles. The van der Waals surface area contributed by atoms with E-state index in [2.05, 4.69) is 30.9 Å². The van der Waals surface area contributed by atoms with E-state index in [0.717, 1.165) is 0 Å². The average Bonchev–Trinajstić information content (AvgIpc) is 2.75. The van der Waals surface area contributed by atoms with Crippen LogP contribution in [0, 0.1) is 0 Å². The van der Waals surface area contributed by atoms with Gasteiger partial charge in [-0.15, -0.1) is 20.4 Å². The second kappa shape index (κ2) is 2.77. The molecule has 0 spiro atoms. The highest BCUT2D eigenvalue weighted by Gasteiger charge is 2.45. The van der Waals surface area contributed by atoms with E-state index in [9.17, 15) is 0 Å². The first-order valence-corrected chi connectivity index (χ1v) is 4.03. The van der Waals surface area contributed by atoms with Gasteiger partial charge in [0.1, 0.15) is 0 Å². The van der Waals surface area contributed by atoms with Gasteiger partial charge in [-0.25, -0.2) is 0 Å². The molecule has 9 heteroatoms. The van der Waals surface area contributed by atoms with Gasteiger partial charge in [-0.1, -0.05) is 12.2 Å². The van der Waals surface area contributed by atoms with Crippen LogP contribution < -0.4 is 11.5 Å². The molecule has 0 amide bonds. The highest BCUT2D eigenvalue weighted by Crippen LogP contribution is 2.20. The molecule has 72 valence electrons. The lowest BCUT2D eigenvalue weighted by molar-refractivity contribution is 0.690. The molecule has 0 radical (unpaired) electrons. The maximum atomic E-state index is 5.77. The summed E-state index contributed by atoms with van der Waals surface area (Å²) in [6.45, 7) is 0. The first-order chi connectivity index (χ1) is 6.57. The fourth-order valence-electron chi connectivity index (χ4n) is 1.01. The predicted molar refractivity (Wildman–Crippen MR) is 53.1 cm³/mol. The summed E-state index contributed by atoms with van der Waals surface area (Å²) in [6, 6.07) is 0. The Morgan fingerprint density at radius 2 is 1.43 bits per heavy atom. The van der Waals surface area contributed by atoms with Gasteiger partial charge in [0, 0.05) is 0 Å². The van der Waals surface area contributed by atoms with Crippen molar-refractivity contribution in [1.29, 1.82) is 0 Å². The van der Waals surface area contributed by atoms with Crippen LogP contribution in [0.1, 0.15) is 0 Å². The van der Waals surface area contributed by atoms with Gasteiger partial charge in [-0.3, -0.25) is 11.5 Å². The van der Waals surface area contributed by atoms with E-state index >= 15 is 0 Å². The first-order valence-electron chi connectivity index (χ1n) is 3.62. The maximum absolute atomic E-state index is 5.77. The fourth-order valence-corrected chi connectivity index (χ4v) is 1.19. The van der Waals surface area contributed by atoms with Crippen LogP contribution in [0.4, 0.5) is 0 Å². The molecule has 0 bridgehead atoms. The van der Waals surface area contributed by atoms with Crippen molar-refractivity contribution in [3.63, 3.8) is 0 Å². The molecule has 0 saturated carbocycles. The van der Waals surface area contributed by atoms with Crippen LogP contribution in [0.5, 0.6) is 0 Å². The van der Waals surface area contributed by atoms with Crippen molar-refractivity contribution in [2.75, 3.05) is 0 Å². The zero-order valence-corrected chi connectivity index (χ0v) is 7.72. The quantitative estimate of drug-likeness (QED) is 0.600. The number of hydrogen-bond donors (Lipinski definition) is 2. The van der Waals surface area contributed by atoms with Gasteiger partial charge in [-0.05, 0) is 10.4 Å². The molecule has 0 aromatic carbocycles. The van der Waals surface area contributed by atoms with Crippen LogP contribution in [-0.2, 0) is 0 Å². The SMILES string of the molecule is NC1(C(=S)C2(N)C=NN=N2)C=NN=N1. The van der Waals surface area contributed by atoms with Crippen LogP contribution in [0.2, 0.25) is 0 Å². The van der Waals surface area contributed by atoms with Crippen molar-refractivity contribution in [3.8, 4) is 0 Å². The fraction of sp³-hybridized carbons (Fsp3) is 0.400. The predicted octanol–water partition coefficient (Wildman–Crippen LogP) is -0.430. The van der Waals surface area contributed by atoms with Crippen LogP contribution in [0.3, 0.4) is 0 Å². The Morgan fingerprint density at radius 1 is 1.00 bits per heavy atom. The number of hydrogen-bond acceptors (Lipinski definition) is 9. The van der Waals surface area contributed by atoms with Gasteiger partial charge in [-0.2, -0.15) is 0 Å². The second-order valence-corrected chi connectivity index (χ2v) is 3.26. The Balaban J connectivity index is 2.33. The molecule has 2 heterocycles. The minimum absolute atomic E-state index is 0.153. The third-order valence-electron chi connectivity index (χ3n) is 1.76. The number of nitrogens with zero attached hydrogens (tertiary/aromatic N) is 6. The lowest BCUT2D eigenvalue weighted by Gasteiger charge is -2.24. The average molecular weight is 210 g/mol. The smallest absolute Gasteiger partial charge is 0.205 e. The highest BCUT2D eigenvalue weighted by atomic mass is 32.1. The lowest BCUT2D eigenvalue weighted by atomic mass is 9.99. The summed E-state index contributed by atoms with van der Waals surface area (Å²) in [6.07, 6.45) is 2.59. The highest BCUT2D eigenvalue weighted by molar-refractivity contribution is 7.81. The third kappa shape index (κ3) is 1.18. The Kier molecular flexibility index (Phi) is 1.80. The summed E-state index contributed by atoms with van der Waals surface area (Å²) in [7, 11) is 0. The topological polar surface area (TPSA) is 126 Å². The van der Waals surface area contributed by atoms with E-state index in [1.807, 2.05) is 0 Å². The molecule has 0 fully saturated rings. The Hall–Kier alpha value is -1.45. The van der Waals surface area contributed by atoms with Crippen LogP contribution in [0.25, 0.3) is 0 Å². The standard InChI is InChI=1S/C5H6N8S/c6-4(1-8-12-10-4)3(14)5(7)2-9-13-11-5/h1-2H,6-7H2. The molecule has 2 atom stereocenters. The summed E-state index contributed by atoms with van der Waals surface area (Å²) >= 11 is 5.06. The summed E-state index contributed by atoms with van der Waals surface area (Å²) in [5.74, 6) is 0. The van der Waals surface area contributed by atoms with E-state index in [0.29, 0.717) is 0 Å². The van der Waals surface area contributed by atoms with Crippen molar-refractivity contribution < 1.29 is 0 Å². The maximum Gasteiger partial charge on any atom is 0.205 e. The Labute approximate surface area is 83.9 Å². The summed E-state index contributed by atoms with van der Waals surface area (Å²) in [5, 5.41) is 21.1. The monoisotopic (exact) mass is 210 g/mol. The Bertz CT molecular complexity index is 333. The molecule has 2 unspecified atom stereocenters. The third-order valence-corrected chi connectivity index (χ3v) is 2.41. The minimum Gasteiger partial charge on any atom is -0.296 e. The van der Waals surface area contributed by atoms with Crippen molar-refractivity contribution in [2.24, 2.45) is 42.3 Å². The molecule has 0 aromatic heterocycles. The molecule has 2 aliphatic rings. The van der Waals surface area contributed by atoms with E-state index in [4.69, 9.17) is 23.7 Å². The van der Waals surface area contributed by atoms with Crippen LogP contribution in [-0.4, -0.2) is 28.6 Å². The van der Waals surface area contributed by atoms with Crippen molar-refractivity contribution in [3.05, 3.63) is 0 Å². The molecule has 0 saturated heterocycles. The van der Waals surface area contributed by atoms with E-state index in [1.165, 1.54) is 12.4 Å². The number of rotatable bonds is 2. The van der Waals surface area contributed by atoms with Crippen LogP contribution in [0.15, 0.2) is 30.9 Å². The largest absolute Gasteiger partial charge is 0.296 e. The van der Waals surface area contributed by atoms with Crippen molar-refractivity contribution in [1.82, 2.24) is 0 Å². The molecule has 2 rings (SSSR count). The minimum atomic E-state index is -1.29. The van der Waals surface area contributed by atoms with E-state index in [1.54, 1.807) is 0 Å². The number of thiocarbonyl (C=S) groups is 1. The van der Waals surface area contributed by atoms with E-state index in [-0.39, 0.29) is 4.86 Å². The van der Waals surface area contributed by atoms with Gasteiger partial charge in [0.15, 0.2) is 0 Å². The molecular formula is C5H6N8S. The van der Waals surface area contributed by atoms with Crippen LogP contribution >= 0.6 is 12.2 Å².